The molecule has 1 heterocycles. The number of aromatic carboxylic acids is 1. The molecule has 0 aliphatic carbocycles. The number of aliphatic hydroxyl groups excluding tert-OH is 1. The number of benzene rings is 3. The fourth-order valence-corrected chi connectivity index (χ4v) is 3.94. The predicted octanol–water partition coefficient (Wildman–Crippen LogP) is 5.45. The van der Waals surface area contributed by atoms with E-state index in [1.165, 1.54) is 12.1 Å². The number of ether oxygens (including phenoxy) is 1. The van der Waals surface area contributed by atoms with Gasteiger partial charge in [-0.1, -0.05) is 48.5 Å². The molecule has 0 aromatic heterocycles. The van der Waals surface area contributed by atoms with Gasteiger partial charge in [0.1, 0.15) is 5.75 Å². The summed E-state index contributed by atoms with van der Waals surface area (Å²) in [5.74, 6) is -4.00. The highest BCUT2D eigenvalue weighted by molar-refractivity contribution is 5.96. The monoisotopic (exact) mass is 424 g/mol. The second-order valence-electron chi connectivity index (χ2n) is 7.91. The van der Waals surface area contributed by atoms with E-state index in [-0.39, 0.29) is 22.6 Å². The molecule has 160 valence electrons. The third kappa shape index (κ3) is 4.30. The molecule has 4 rings (SSSR count). The lowest BCUT2D eigenvalue weighted by molar-refractivity contribution is 0.0174. The van der Waals surface area contributed by atoms with Crippen molar-refractivity contribution in [2.45, 2.75) is 25.4 Å². The lowest BCUT2D eigenvalue weighted by Crippen LogP contribution is -2.27. The van der Waals surface area contributed by atoms with Gasteiger partial charge in [0.2, 0.25) is 0 Å². The van der Waals surface area contributed by atoms with Crippen molar-refractivity contribution in [3.63, 3.8) is 0 Å². The minimum Gasteiger partial charge on any atom is -0.493 e. The van der Waals surface area contributed by atoms with Crippen molar-refractivity contribution < 1.29 is 28.5 Å². The third-order valence-corrected chi connectivity index (χ3v) is 5.64. The molecule has 4 nitrogen and oxygen atoms in total. The molecule has 3 aromatic rings. The van der Waals surface area contributed by atoms with Crippen LogP contribution in [0.15, 0.2) is 66.7 Å². The minimum atomic E-state index is -3.10. The van der Waals surface area contributed by atoms with Crippen molar-refractivity contribution in [1.82, 2.24) is 0 Å². The highest BCUT2D eigenvalue weighted by Crippen LogP contribution is 2.40. The van der Waals surface area contributed by atoms with Crippen LogP contribution in [0.25, 0.3) is 11.1 Å². The molecule has 0 spiro atoms. The highest BCUT2D eigenvalue weighted by Gasteiger charge is 2.31. The van der Waals surface area contributed by atoms with Gasteiger partial charge in [0.15, 0.2) is 0 Å². The Kier molecular flexibility index (Phi) is 5.50. The Balaban J connectivity index is 1.68. The molecular formula is C25H22F2O4. The summed E-state index contributed by atoms with van der Waals surface area (Å²) in [4.78, 5) is 11.7. The number of rotatable bonds is 5. The van der Waals surface area contributed by atoms with Crippen LogP contribution in [0.2, 0.25) is 0 Å². The fraction of sp³-hybridized carbons (Fsp3) is 0.240. The number of hydrogen-bond donors (Lipinski definition) is 2. The van der Waals surface area contributed by atoms with Gasteiger partial charge in [-0.25, -0.2) is 13.6 Å². The number of fused-ring (bicyclic) bond motifs is 1. The maximum atomic E-state index is 13.8. The molecule has 0 saturated carbocycles. The van der Waals surface area contributed by atoms with E-state index in [2.05, 4.69) is 0 Å². The fourth-order valence-electron chi connectivity index (χ4n) is 3.94. The van der Waals surface area contributed by atoms with Gasteiger partial charge >= 0.3 is 5.97 Å². The summed E-state index contributed by atoms with van der Waals surface area (Å²) in [6.07, 6.45) is -0.0942. The van der Waals surface area contributed by atoms with Gasteiger partial charge in [0, 0.05) is 24.0 Å². The summed E-state index contributed by atoms with van der Waals surface area (Å²) < 4.78 is 33.5. The summed E-state index contributed by atoms with van der Waals surface area (Å²) in [5, 5.41) is 20.4. The lowest BCUT2D eigenvalue weighted by atomic mass is 9.86. The van der Waals surface area contributed by atoms with Crippen LogP contribution in [0.5, 0.6) is 5.75 Å². The number of alkyl halides is 2. The quantitative estimate of drug-likeness (QED) is 0.572. The number of carboxylic acids is 1. The van der Waals surface area contributed by atoms with Crippen LogP contribution in [0.1, 0.15) is 40.1 Å². The standard InChI is InChI=1S/C25H22F2O4/c1-25(26,27)18-8-10-19(24(29)30)21(13-18)16-7-9-20-22(12-16)31-14-17(23(20)28)11-15-5-3-2-4-6-15/h2-10,12-13,17,23,28H,11,14H2,1H3,(H,29,30)/t17-,23+/m0/s1. The number of hydrogen-bond acceptors (Lipinski definition) is 3. The SMILES string of the molecule is CC(F)(F)c1ccc(C(=O)O)c(-c2ccc3c(c2)OC[C@H](Cc2ccccc2)[C@H]3O)c1. The molecule has 6 heteroatoms. The van der Waals surface area contributed by atoms with Crippen molar-refractivity contribution in [1.29, 1.82) is 0 Å². The number of carbonyl (C=O) groups is 1. The van der Waals surface area contributed by atoms with Crippen LogP contribution < -0.4 is 4.74 Å². The summed E-state index contributed by atoms with van der Waals surface area (Å²) in [6, 6.07) is 18.2. The molecule has 0 amide bonds. The van der Waals surface area contributed by atoms with E-state index >= 15 is 0 Å². The smallest absolute Gasteiger partial charge is 0.336 e. The molecule has 0 unspecified atom stereocenters. The molecule has 0 fully saturated rings. The molecule has 2 N–H and O–H groups in total. The van der Waals surface area contributed by atoms with Crippen molar-refractivity contribution >= 4 is 5.97 Å². The topological polar surface area (TPSA) is 66.8 Å². The number of carboxylic acid groups (broad SMARTS) is 1. The molecule has 3 aromatic carbocycles. The van der Waals surface area contributed by atoms with E-state index < -0.39 is 18.0 Å². The van der Waals surface area contributed by atoms with Gasteiger partial charge in [-0.15, -0.1) is 0 Å². The molecule has 0 bridgehead atoms. The first-order chi connectivity index (χ1) is 14.7. The molecule has 1 aliphatic rings. The van der Waals surface area contributed by atoms with E-state index in [4.69, 9.17) is 4.74 Å². The van der Waals surface area contributed by atoms with Gasteiger partial charge < -0.3 is 14.9 Å². The zero-order chi connectivity index (χ0) is 22.2. The van der Waals surface area contributed by atoms with Gasteiger partial charge in [0.05, 0.1) is 18.3 Å². The Bertz CT molecular complexity index is 1110. The zero-order valence-corrected chi connectivity index (χ0v) is 16.9. The molecule has 0 radical (unpaired) electrons. The average molecular weight is 424 g/mol. The van der Waals surface area contributed by atoms with Gasteiger partial charge in [0.25, 0.3) is 5.92 Å². The lowest BCUT2D eigenvalue weighted by Gasteiger charge is -2.31. The summed E-state index contributed by atoms with van der Waals surface area (Å²) in [7, 11) is 0. The van der Waals surface area contributed by atoms with Crippen LogP contribution in [-0.2, 0) is 12.3 Å². The summed E-state index contributed by atoms with van der Waals surface area (Å²) in [6.45, 7) is 1.07. The maximum Gasteiger partial charge on any atom is 0.336 e. The second kappa shape index (κ2) is 8.12. The Morgan fingerprint density at radius 3 is 2.52 bits per heavy atom. The van der Waals surface area contributed by atoms with Gasteiger partial charge in [-0.3, -0.25) is 0 Å². The van der Waals surface area contributed by atoms with E-state index in [9.17, 15) is 23.8 Å². The third-order valence-electron chi connectivity index (χ3n) is 5.64. The molecule has 2 atom stereocenters. The van der Waals surface area contributed by atoms with Crippen LogP contribution in [0.4, 0.5) is 8.78 Å². The Morgan fingerprint density at radius 1 is 1.10 bits per heavy atom. The molecular weight excluding hydrogens is 402 g/mol. The van der Waals surface area contributed by atoms with E-state index in [0.717, 1.165) is 18.6 Å². The first-order valence-electron chi connectivity index (χ1n) is 9.99. The number of aliphatic hydroxyl groups is 1. The van der Waals surface area contributed by atoms with Crippen molar-refractivity contribution in [3.8, 4) is 16.9 Å². The Morgan fingerprint density at radius 2 is 1.84 bits per heavy atom. The van der Waals surface area contributed by atoms with E-state index in [1.807, 2.05) is 30.3 Å². The van der Waals surface area contributed by atoms with E-state index in [1.54, 1.807) is 18.2 Å². The predicted molar refractivity (Wildman–Crippen MR) is 112 cm³/mol. The number of halogens is 2. The van der Waals surface area contributed by atoms with Crippen LogP contribution in [0, 0.1) is 5.92 Å². The Hall–Kier alpha value is -3.25. The van der Waals surface area contributed by atoms with Gasteiger partial charge in [-0.05, 0) is 41.3 Å². The zero-order valence-electron chi connectivity index (χ0n) is 16.9. The summed E-state index contributed by atoms with van der Waals surface area (Å²) in [5.41, 5.74) is 1.97. The Labute approximate surface area is 178 Å². The molecule has 1 aliphatic heterocycles. The minimum absolute atomic E-state index is 0.0775. The largest absolute Gasteiger partial charge is 0.493 e. The first-order valence-corrected chi connectivity index (χ1v) is 9.99. The molecule has 31 heavy (non-hydrogen) atoms. The summed E-state index contributed by atoms with van der Waals surface area (Å²) >= 11 is 0. The second-order valence-corrected chi connectivity index (χ2v) is 7.91. The molecule has 0 saturated heterocycles. The van der Waals surface area contributed by atoms with Crippen molar-refractivity contribution in [2.75, 3.05) is 6.61 Å². The average Bonchev–Trinajstić information content (AvgIpc) is 2.75. The first kappa shape index (κ1) is 21.0. The highest BCUT2D eigenvalue weighted by atomic mass is 19.3. The van der Waals surface area contributed by atoms with Crippen LogP contribution in [0.3, 0.4) is 0 Å². The van der Waals surface area contributed by atoms with E-state index in [0.29, 0.717) is 29.9 Å². The van der Waals surface area contributed by atoms with Crippen LogP contribution >= 0.6 is 0 Å². The maximum absolute atomic E-state index is 13.8. The van der Waals surface area contributed by atoms with Gasteiger partial charge in [-0.2, -0.15) is 0 Å². The van der Waals surface area contributed by atoms with Crippen molar-refractivity contribution in [3.05, 3.63) is 89.0 Å². The normalized spacial score (nSPS) is 18.2. The van der Waals surface area contributed by atoms with Crippen molar-refractivity contribution in [2.24, 2.45) is 5.92 Å². The van der Waals surface area contributed by atoms with Crippen LogP contribution in [-0.4, -0.2) is 22.8 Å².